The van der Waals surface area contributed by atoms with Crippen molar-refractivity contribution < 1.29 is 4.74 Å². The molecule has 0 saturated heterocycles. The number of fused-ring (bicyclic) bond motifs is 1. The highest BCUT2D eigenvalue weighted by atomic mass is 16.5. The Morgan fingerprint density at radius 2 is 1.59 bits per heavy atom. The van der Waals surface area contributed by atoms with Gasteiger partial charge >= 0.3 is 0 Å². The maximum absolute atomic E-state index is 5.95. The summed E-state index contributed by atoms with van der Waals surface area (Å²) in [5, 5.41) is 0. The number of ether oxygens (including phenoxy) is 1. The maximum atomic E-state index is 5.95. The van der Waals surface area contributed by atoms with Gasteiger partial charge in [-0.2, -0.15) is 0 Å². The van der Waals surface area contributed by atoms with Gasteiger partial charge in [0.15, 0.2) is 0 Å². The third-order valence-electron chi connectivity index (χ3n) is 4.54. The van der Waals surface area contributed by atoms with E-state index < -0.39 is 0 Å². The van der Waals surface area contributed by atoms with Gasteiger partial charge in [-0.05, 0) is 54.3 Å². The smallest absolute Gasteiger partial charge is 0.121 e. The normalized spacial score (nSPS) is 13.1. The van der Waals surface area contributed by atoms with Crippen molar-refractivity contribution in [3.05, 3.63) is 90.0 Å². The van der Waals surface area contributed by atoms with Crippen LogP contribution in [0.1, 0.15) is 24.0 Å². The Morgan fingerprint density at radius 1 is 0.815 bits per heavy atom. The molecular weight excluding hydrogens is 334 g/mol. The molecular formula is C23H23N3O. The summed E-state index contributed by atoms with van der Waals surface area (Å²) in [6, 6.07) is 26.4. The molecule has 1 aliphatic heterocycles. The van der Waals surface area contributed by atoms with Crippen molar-refractivity contribution in [2.45, 2.75) is 25.9 Å². The average molecular weight is 357 g/mol. The molecule has 1 aliphatic rings. The molecule has 0 atom stereocenters. The van der Waals surface area contributed by atoms with Crippen molar-refractivity contribution in [2.24, 2.45) is 4.99 Å². The van der Waals surface area contributed by atoms with Gasteiger partial charge in [-0.1, -0.05) is 48.5 Å². The van der Waals surface area contributed by atoms with Gasteiger partial charge in [0, 0.05) is 6.42 Å². The number of anilines is 1. The number of rotatable bonds is 5. The molecule has 0 aliphatic carbocycles. The zero-order chi connectivity index (χ0) is 18.3. The minimum atomic E-state index is 0.580. The number of benzene rings is 3. The average Bonchev–Trinajstić information content (AvgIpc) is 2.94. The summed E-state index contributed by atoms with van der Waals surface area (Å²) < 4.78 is 5.95. The molecule has 0 saturated carbocycles. The Morgan fingerprint density at radius 3 is 2.41 bits per heavy atom. The number of nitrogens with one attached hydrogen (secondary N) is 2. The molecule has 0 spiro atoms. The molecule has 4 nitrogen and oxygen atoms in total. The molecule has 136 valence electrons. The molecule has 4 heteroatoms. The number of hydrazine groups is 1. The third-order valence-corrected chi connectivity index (χ3v) is 4.54. The van der Waals surface area contributed by atoms with Crippen LogP contribution in [-0.4, -0.2) is 5.84 Å². The number of nitrogens with zero attached hydrogens (tertiary/aromatic N) is 1. The Hall–Kier alpha value is -3.27. The van der Waals surface area contributed by atoms with E-state index in [0.717, 1.165) is 42.2 Å². The van der Waals surface area contributed by atoms with Crippen molar-refractivity contribution in [3.8, 4) is 5.75 Å². The first kappa shape index (κ1) is 17.2. The van der Waals surface area contributed by atoms with Crippen LogP contribution in [0.5, 0.6) is 5.75 Å². The molecule has 3 aromatic carbocycles. The summed E-state index contributed by atoms with van der Waals surface area (Å²) in [4.78, 5) is 4.80. The van der Waals surface area contributed by atoms with Gasteiger partial charge in [0.1, 0.15) is 18.2 Å². The van der Waals surface area contributed by atoms with Gasteiger partial charge in [0.05, 0.1) is 11.4 Å². The van der Waals surface area contributed by atoms with Crippen LogP contribution in [0.4, 0.5) is 11.4 Å². The van der Waals surface area contributed by atoms with E-state index in [1.807, 2.05) is 60.7 Å². The van der Waals surface area contributed by atoms with Gasteiger partial charge in [-0.3, -0.25) is 10.9 Å². The van der Waals surface area contributed by atoms with Gasteiger partial charge < -0.3 is 4.74 Å². The molecule has 0 amide bonds. The lowest BCUT2D eigenvalue weighted by atomic mass is 10.1. The van der Waals surface area contributed by atoms with Gasteiger partial charge in [-0.25, -0.2) is 4.99 Å². The van der Waals surface area contributed by atoms with E-state index in [2.05, 4.69) is 29.1 Å². The van der Waals surface area contributed by atoms with Crippen molar-refractivity contribution in [1.29, 1.82) is 0 Å². The fourth-order valence-electron chi connectivity index (χ4n) is 3.11. The first-order chi connectivity index (χ1) is 13.4. The lowest BCUT2D eigenvalue weighted by molar-refractivity contribution is 0.306. The first-order valence-electron chi connectivity index (χ1n) is 9.31. The number of amidine groups is 1. The van der Waals surface area contributed by atoms with E-state index in [1.54, 1.807) is 0 Å². The molecule has 27 heavy (non-hydrogen) atoms. The van der Waals surface area contributed by atoms with Gasteiger partial charge in [0.2, 0.25) is 0 Å². The van der Waals surface area contributed by atoms with E-state index in [1.165, 1.54) is 11.1 Å². The van der Waals surface area contributed by atoms with E-state index >= 15 is 0 Å². The highest BCUT2D eigenvalue weighted by Gasteiger charge is 2.11. The van der Waals surface area contributed by atoms with Crippen LogP contribution in [0.3, 0.4) is 0 Å². The minimum Gasteiger partial charge on any atom is -0.489 e. The predicted octanol–water partition coefficient (Wildman–Crippen LogP) is 5.25. The molecule has 3 aromatic rings. The summed E-state index contributed by atoms with van der Waals surface area (Å²) >= 11 is 0. The number of hydrogen-bond acceptors (Lipinski definition) is 4. The molecule has 4 rings (SSSR count). The number of aliphatic imine (C=N–C) groups is 1. The van der Waals surface area contributed by atoms with E-state index in [0.29, 0.717) is 6.61 Å². The van der Waals surface area contributed by atoms with Crippen molar-refractivity contribution >= 4 is 17.2 Å². The molecule has 0 bridgehead atoms. The molecule has 0 radical (unpaired) electrons. The second kappa shape index (κ2) is 8.41. The monoisotopic (exact) mass is 357 g/mol. The zero-order valence-electron chi connectivity index (χ0n) is 15.2. The van der Waals surface area contributed by atoms with Gasteiger partial charge in [0.25, 0.3) is 0 Å². The highest BCUT2D eigenvalue weighted by molar-refractivity contribution is 5.86. The number of para-hydroxylation sites is 1. The van der Waals surface area contributed by atoms with Crippen LogP contribution in [0.15, 0.2) is 83.9 Å². The van der Waals surface area contributed by atoms with Crippen LogP contribution in [0.25, 0.3) is 0 Å². The first-order valence-corrected chi connectivity index (χ1v) is 9.31. The number of aryl methyl sites for hydroxylation is 1. The second-order valence-electron chi connectivity index (χ2n) is 6.59. The molecule has 1 heterocycles. The topological polar surface area (TPSA) is 45.6 Å². The largest absolute Gasteiger partial charge is 0.489 e. The van der Waals surface area contributed by atoms with Crippen molar-refractivity contribution in [1.82, 2.24) is 5.43 Å². The molecule has 0 aromatic heterocycles. The summed E-state index contributed by atoms with van der Waals surface area (Å²) in [5.41, 5.74) is 10.9. The number of hydrogen-bond donors (Lipinski definition) is 2. The lowest BCUT2D eigenvalue weighted by Gasteiger charge is -2.11. The quantitative estimate of drug-likeness (QED) is 0.613. The zero-order valence-corrected chi connectivity index (χ0v) is 15.2. The van der Waals surface area contributed by atoms with E-state index in [-0.39, 0.29) is 0 Å². The maximum Gasteiger partial charge on any atom is 0.121 e. The molecule has 0 fully saturated rings. The van der Waals surface area contributed by atoms with Crippen molar-refractivity contribution in [3.63, 3.8) is 0 Å². The standard InChI is InChI=1S/C23H23N3O/c1-3-8-18(9-4-1)17-27-21-14-15-22-19(16-21)10-7-13-23(24-22)26-25-20-11-5-2-6-12-20/h1-6,8-9,11-12,14-16,25H,7,10,13,17H2,(H,24,26). The Balaban J connectivity index is 1.42. The molecule has 2 N–H and O–H groups in total. The summed E-state index contributed by atoms with van der Waals surface area (Å²) in [5.74, 6) is 1.85. The van der Waals surface area contributed by atoms with Crippen molar-refractivity contribution in [2.75, 3.05) is 5.43 Å². The van der Waals surface area contributed by atoms with Crippen LogP contribution in [-0.2, 0) is 13.0 Å². The fourth-order valence-corrected chi connectivity index (χ4v) is 3.11. The van der Waals surface area contributed by atoms with E-state index in [9.17, 15) is 0 Å². The Bertz CT molecular complexity index is 907. The van der Waals surface area contributed by atoms with Crippen LogP contribution in [0, 0.1) is 0 Å². The summed E-state index contributed by atoms with van der Waals surface area (Å²) in [6.45, 7) is 0.580. The van der Waals surface area contributed by atoms with Crippen LogP contribution < -0.4 is 15.6 Å². The second-order valence-corrected chi connectivity index (χ2v) is 6.59. The predicted molar refractivity (Wildman–Crippen MR) is 110 cm³/mol. The Kier molecular flexibility index (Phi) is 5.34. The fraction of sp³-hybridized carbons (Fsp3) is 0.174. The molecule has 0 unspecified atom stereocenters. The van der Waals surface area contributed by atoms with Crippen LogP contribution >= 0.6 is 0 Å². The van der Waals surface area contributed by atoms with Gasteiger partial charge in [-0.15, -0.1) is 0 Å². The highest BCUT2D eigenvalue weighted by Crippen LogP contribution is 2.29. The van der Waals surface area contributed by atoms with Crippen LogP contribution in [0.2, 0.25) is 0 Å². The Labute approximate surface area is 159 Å². The summed E-state index contributed by atoms with van der Waals surface area (Å²) in [7, 11) is 0. The van der Waals surface area contributed by atoms with E-state index in [4.69, 9.17) is 9.73 Å². The third kappa shape index (κ3) is 4.67. The SMILES string of the molecule is c1ccc(COc2ccc3c(c2)CCCC(NNc2ccccc2)=N3)cc1. The lowest BCUT2D eigenvalue weighted by Crippen LogP contribution is -2.28. The minimum absolute atomic E-state index is 0.580. The summed E-state index contributed by atoms with van der Waals surface area (Å²) in [6.07, 6.45) is 2.96.